The first-order chi connectivity index (χ1) is 15.9. The number of carbonyl (C=O) groups excluding carboxylic acids is 2. The smallest absolute Gasteiger partial charge is 0.280 e. The van der Waals surface area contributed by atoms with Crippen molar-refractivity contribution in [2.45, 2.75) is 4.90 Å². The predicted octanol–water partition coefficient (Wildman–Crippen LogP) is 2.95. The van der Waals surface area contributed by atoms with Crippen LogP contribution >= 0.6 is 0 Å². The summed E-state index contributed by atoms with van der Waals surface area (Å²) in [5, 5.41) is 6.72. The molecule has 0 atom stereocenters. The van der Waals surface area contributed by atoms with E-state index in [-0.39, 0.29) is 16.2 Å². The van der Waals surface area contributed by atoms with Crippen LogP contribution in [0.25, 0.3) is 11.3 Å². The fraction of sp³-hybridized carbons (Fsp3) is 0. The highest BCUT2D eigenvalue weighted by molar-refractivity contribution is 7.92. The minimum absolute atomic E-state index is 0.00200. The van der Waals surface area contributed by atoms with Gasteiger partial charge in [0.05, 0.1) is 10.6 Å². The fourth-order valence-electron chi connectivity index (χ4n) is 2.95. The number of hydrogen-bond donors (Lipinski definition) is 4. The van der Waals surface area contributed by atoms with E-state index in [1.165, 1.54) is 24.3 Å². The van der Waals surface area contributed by atoms with Gasteiger partial charge in [0.1, 0.15) is 5.69 Å². The Morgan fingerprint density at radius 3 is 2.03 bits per heavy atom. The summed E-state index contributed by atoms with van der Waals surface area (Å²) in [6.45, 7) is 0. The van der Waals surface area contributed by atoms with E-state index >= 15 is 0 Å². The average molecular weight is 462 g/mol. The first kappa shape index (κ1) is 21.8. The van der Waals surface area contributed by atoms with Gasteiger partial charge in [0.2, 0.25) is 0 Å². The van der Waals surface area contributed by atoms with Gasteiger partial charge in [-0.05, 0) is 42.5 Å². The molecule has 10 heteroatoms. The van der Waals surface area contributed by atoms with Crippen LogP contribution in [0.15, 0.2) is 95.9 Å². The van der Waals surface area contributed by atoms with Gasteiger partial charge in [-0.25, -0.2) is 8.42 Å². The Labute approximate surface area is 189 Å². The molecule has 0 bridgehead atoms. The highest BCUT2D eigenvalue weighted by Gasteiger charge is 2.16. The molecule has 3 aromatic carbocycles. The third-order valence-corrected chi connectivity index (χ3v) is 6.03. The van der Waals surface area contributed by atoms with Gasteiger partial charge in [-0.1, -0.05) is 48.5 Å². The minimum atomic E-state index is -3.80. The molecule has 4 rings (SSSR count). The van der Waals surface area contributed by atoms with Crippen LogP contribution in [-0.4, -0.2) is 30.4 Å². The average Bonchev–Trinajstić information content (AvgIpc) is 3.34. The zero-order valence-electron chi connectivity index (χ0n) is 17.1. The Kier molecular flexibility index (Phi) is 6.18. The summed E-state index contributed by atoms with van der Waals surface area (Å²) in [6, 6.07) is 24.7. The lowest BCUT2D eigenvalue weighted by atomic mass is 10.1. The highest BCUT2D eigenvalue weighted by atomic mass is 32.2. The second-order valence-electron chi connectivity index (χ2n) is 6.94. The number of anilines is 1. The van der Waals surface area contributed by atoms with E-state index in [0.717, 1.165) is 5.56 Å². The van der Waals surface area contributed by atoms with Crippen LogP contribution in [0.3, 0.4) is 0 Å². The molecule has 33 heavy (non-hydrogen) atoms. The quantitative estimate of drug-likeness (QED) is 0.328. The van der Waals surface area contributed by atoms with Crippen molar-refractivity contribution in [2.75, 3.05) is 4.72 Å². The Morgan fingerprint density at radius 1 is 0.758 bits per heavy atom. The summed E-state index contributed by atoms with van der Waals surface area (Å²) < 4.78 is 27.4. The Hall–Kier alpha value is -4.44. The molecule has 0 unspecified atom stereocenters. The first-order valence-corrected chi connectivity index (χ1v) is 11.3. The lowest BCUT2D eigenvalue weighted by Crippen LogP contribution is -2.41. The molecule has 0 radical (unpaired) electrons. The summed E-state index contributed by atoms with van der Waals surface area (Å²) in [4.78, 5) is 24.6. The van der Waals surface area contributed by atoms with Gasteiger partial charge in [0, 0.05) is 16.8 Å². The van der Waals surface area contributed by atoms with E-state index in [2.05, 4.69) is 25.8 Å². The summed E-state index contributed by atoms with van der Waals surface area (Å²) >= 11 is 0. The third-order valence-electron chi connectivity index (χ3n) is 4.63. The predicted molar refractivity (Wildman–Crippen MR) is 123 cm³/mol. The van der Waals surface area contributed by atoms with Crippen LogP contribution in [0.4, 0.5) is 5.69 Å². The van der Waals surface area contributed by atoms with Crippen LogP contribution in [0.1, 0.15) is 20.8 Å². The van der Waals surface area contributed by atoms with E-state index in [4.69, 9.17) is 0 Å². The maximum Gasteiger partial charge on any atom is 0.287 e. The molecule has 1 heterocycles. The number of H-pyrrole nitrogens is 1. The molecule has 166 valence electrons. The summed E-state index contributed by atoms with van der Waals surface area (Å²) in [7, 11) is -3.80. The number of para-hydroxylation sites is 1. The fourth-order valence-corrected chi connectivity index (χ4v) is 4.01. The largest absolute Gasteiger partial charge is 0.287 e. The molecule has 9 nitrogen and oxygen atoms in total. The van der Waals surface area contributed by atoms with E-state index in [1.807, 2.05) is 30.3 Å². The summed E-state index contributed by atoms with van der Waals surface area (Å²) in [6.07, 6.45) is 0. The number of hydrogen-bond acceptors (Lipinski definition) is 5. The minimum Gasteiger partial charge on any atom is -0.280 e. The molecule has 0 fully saturated rings. The summed E-state index contributed by atoms with van der Waals surface area (Å²) in [5.41, 5.74) is 6.79. The lowest BCUT2D eigenvalue weighted by Gasteiger charge is -2.09. The molecular formula is C23H19N5O4S. The number of benzene rings is 3. The lowest BCUT2D eigenvalue weighted by molar-refractivity contribution is 0.0844. The van der Waals surface area contributed by atoms with Crippen LogP contribution in [0.2, 0.25) is 0 Å². The Balaban J connectivity index is 1.36. The molecule has 4 N–H and O–H groups in total. The number of nitrogens with zero attached hydrogens (tertiary/aromatic N) is 1. The molecular weight excluding hydrogens is 442 g/mol. The third kappa shape index (κ3) is 5.25. The van der Waals surface area contributed by atoms with Gasteiger partial charge in [0.25, 0.3) is 21.8 Å². The van der Waals surface area contributed by atoms with Crippen molar-refractivity contribution < 1.29 is 18.0 Å². The maximum atomic E-state index is 12.5. The van der Waals surface area contributed by atoms with E-state index in [9.17, 15) is 18.0 Å². The second kappa shape index (κ2) is 9.37. The number of carbonyl (C=O) groups is 2. The molecule has 2 amide bonds. The van der Waals surface area contributed by atoms with Gasteiger partial charge in [-0.15, -0.1) is 0 Å². The van der Waals surface area contributed by atoms with Crippen LogP contribution < -0.4 is 15.6 Å². The molecule has 4 aromatic rings. The molecule has 0 aliphatic heterocycles. The number of amides is 2. The van der Waals surface area contributed by atoms with Crippen molar-refractivity contribution in [3.8, 4) is 11.3 Å². The van der Waals surface area contributed by atoms with E-state index in [0.29, 0.717) is 11.4 Å². The zero-order valence-corrected chi connectivity index (χ0v) is 18.0. The molecule has 0 saturated heterocycles. The topological polar surface area (TPSA) is 133 Å². The monoisotopic (exact) mass is 461 g/mol. The molecule has 0 aliphatic rings. The van der Waals surface area contributed by atoms with Crippen molar-refractivity contribution in [3.63, 3.8) is 0 Å². The van der Waals surface area contributed by atoms with Crippen molar-refractivity contribution in [1.29, 1.82) is 0 Å². The first-order valence-electron chi connectivity index (χ1n) is 9.82. The van der Waals surface area contributed by atoms with Crippen LogP contribution in [0.5, 0.6) is 0 Å². The number of aromatic nitrogens is 2. The van der Waals surface area contributed by atoms with E-state index in [1.54, 1.807) is 36.4 Å². The van der Waals surface area contributed by atoms with Crippen molar-refractivity contribution in [3.05, 3.63) is 102 Å². The SMILES string of the molecule is O=C(NNC(=O)c1cc(-c2ccccc2)n[nH]1)c1ccc(S(=O)(=O)Nc2ccccc2)cc1. The maximum absolute atomic E-state index is 12.5. The number of nitrogens with one attached hydrogen (secondary N) is 4. The van der Waals surface area contributed by atoms with Crippen LogP contribution in [-0.2, 0) is 10.0 Å². The summed E-state index contributed by atoms with van der Waals surface area (Å²) in [5.74, 6) is -1.18. The van der Waals surface area contributed by atoms with Crippen molar-refractivity contribution >= 4 is 27.5 Å². The van der Waals surface area contributed by atoms with Gasteiger partial charge >= 0.3 is 0 Å². The Bertz CT molecular complexity index is 1370. The standard InChI is InChI=1S/C23H19N5O4S/c29-22(26-27-23(30)21-15-20(24-25-21)16-7-3-1-4-8-16)17-11-13-19(14-12-17)33(31,32)28-18-9-5-2-6-10-18/h1-15,28H,(H,24,25)(H,26,29)(H,27,30). The van der Waals surface area contributed by atoms with Gasteiger partial charge in [-0.2, -0.15) is 5.10 Å². The zero-order chi connectivity index (χ0) is 23.3. The number of sulfonamides is 1. The normalized spacial score (nSPS) is 10.9. The number of rotatable bonds is 6. The molecule has 1 aromatic heterocycles. The number of aromatic amines is 1. The van der Waals surface area contributed by atoms with Gasteiger partial charge < -0.3 is 0 Å². The van der Waals surface area contributed by atoms with Crippen molar-refractivity contribution in [1.82, 2.24) is 21.0 Å². The molecule has 0 aliphatic carbocycles. The molecule has 0 saturated carbocycles. The van der Waals surface area contributed by atoms with Gasteiger partial charge in [-0.3, -0.25) is 30.3 Å². The van der Waals surface area contributed by atoms with Crippen LogP contribution in [0, 0.1) is 0 Å². The number of hydrazine groups is 1. The second-order valence-corrected chi connectivity index (χ2v) is 8.62. The van der Waals surface area contributed by atoms with Gasteiger partial charge in [0.15, 0.2) is 0 Å². The molecule has 0 spiro atoms. The highest BCUT2D eigenvalue weighted by Crippen LogP contribution is 2.17. The van der Waals surface area contributed by atoms with Crippen molar-refractivity contribution in [2.24, 2.45) is 0 Å². The van der Waals surface area contributed by atoms with E-state index < -0.39 is 21.8 Å². The Morgan fingerprint density at radius 2 is 1.36 bits per heavy atom.